The van der Waals surface area contributed by atoms with Crippen LogP contribution in [0.5, 0.6) is 0 Å². The average Bonchev–Trinajstić information content (AvgIpc) is 2.53. The largest absolute Gasteiger partial charge is 0.383 e. The molecule has 1 aromatic rings. The Bertz CT molecular complexity index is 374. The van der Waals surface area contributed by atoms with Crippen molar-refractivity contribution in [2.24, 2.45) is 7.05 Å². The second-order valence-corrected chi connectivity index (χ2v) is 5.19. The van der Waals surface area contributed by atoms with Gasteiger partial charge in [-0.15, -0.1) is 0 Å². The summed E-state index contributed by atoms with van der Waals surface area (Å²) in [6, 6.07) is 0. The lowest BCUT2D eigenvalue weighted by molar-refractivity contribution is 0.0136. The van der Waals surface area contributed by atoms with Gasteiger partial charge in [-0.3, -0.25) is 4.68 Å². The van der Waals surface area contributed by atoms with Crippen LogP contribution in [0.25, 0.3) is 0 Å². The predicted octanol–water partition coefficient (Wildman–Crippen LogP) is 1.77. The molecule has 0 aliphatic carbocycles. The highest BCUT2D eigenvalue weighted by molar-refractivity contribution is 6.31. The molecule has 0 amide bonds. The first-order valence-corrected chi connectivity index (χ1v) is 6.57. The van der Waals surface area contributed by atoms with Crippen LogP contribution in [0.15, 0.2) is 6.20 Å². The van der Waals surface area contributed by atoms with E-state index in [0.717, 1.165) is 44.6 Å². The molecule has 1 atom stereocenters. The summed E-state index contributed by atoms with van der Waals surface area (Å²) in [6.45, 7) is 5.15. The third-order valence-corrected chi connectivity index (χ3v) is 3.97. The molecule has 0 aromatic carbocycles. The van der Waals surface area contributed by atoms with Gasteiger partial charge in [0.25, 0.3) is 0 Å². The van der Waals surface area contributed by atoms with E-state index in [2.05, 4.69) is 16.9 Å². The molecule has 5 heteroatoms. The summed E-state index contributed by atoms with van der Waals surface area (Å²) in [4.78, 5) is 2.36. The van der Waals surface area contributed by atoms with Crippen molar-refractivity contribution in [3.63, 3.8) is 0 Å². The normalized spacial score (nSPS) is 27.1. The number of halogens is 1. The third-order valence-electron chi connectivity index (χ3n) is 3.69. The maximum Gasteiger partial charge on any atom is 0.109 e. The second kappa shape index (κ2) is 4.96. The number of aromatic nitrogens is 2. The van der Waals surface area contributed by atoms with Crippen molar-refractivity contribution in [2.45, 2.75) is 31.8 Å². The van der Waals surface area contributed by atoms with Gasteiger partial charge in [0.05, 0.1) is 16.9 Å². The molecule has 0 saturated carbocycles. The number of hydrogen-bond acceptors (Lipinski definition) is 3. The Hall–Kier alpha value is -0.580. The molecule has 0 radical (unpaired) electrons. The van der Waals surface area contributed by atoms with Crippen LogP contribution in [-0.2, 0) is 12.6 Å². The fourth-order valence-electron chi connectivity index (χ4n) is 2.66. The van der Waals surface area contributed by atoms with Gasteiger partial charge in [-0.2, -0.15) is 5.10 Å². The molecule has 17 heavy (non-hydrogen) atoms. The molecule has 2 rings (SSSR count). The fraction of sp³-hybridized carbons (Fsp3) is 0.750. The van der Waals surface area contributed by atoms with Gasteiger partial charge in [-0.1, -0.05) is 18.5 Å². The van der Waals surface area contributed by atoms with Gasteiger partial charge in [0.1, 0.15) is 5.60 Å². The summed E-state index contributed by atoms with van der Waals surface area (Å²) in [5, 5.41) is 15.5. The van der Waals surface area contributed by atoms with E-state index in [4.69, 9.17) is 11.6 Å². The fourth-order valence-corrected chi connectivity index (χ4v) is 3.00. The predicted molar refractivity (Wildman–Crippen MR) is 68.1 cm³/mol. The highest BCUT2D eigenvalue weighted by atomic mass is 35.5. The Morgan fingerprint density at radius 1 is 1.47 bits per heavy atom. The van der Waals surface area contributed by atoms with Gasteiger partial charge in [-0.25, -0.2) is 0 Å². The van der Waals surface area contributed by atoms with E-state index in [1.807, 2.05) is 7.05 Å². The number of hydrogen-bond donors (Lipinski definition) is 1. The first kappa shape index (κ1) is 12.9. The highest BCUT2D eigenvalue weighted by Crippen LogP contribution is 2.36. The summed E-state index contributed by atoms with van der Waals surface area (Å²) in [5.74, 6) is 0. The molecule has 0 bridgehead atoms. The maximum absolute atomic E-state index is 10.8. The van der Waals surface area contributed by atoms with E-state index in [0.29, 0.717) is 5.02 Å². The summed E-state index contributed by atoms with van der Waals surface area (Å²) in [7, 11) is 1.83. The van der Waals surface area contributed by atoms with Crippen molar-refractivity contribution in [2.75, 3.05) is 19.6 Å². The molecular formula is C12H20ClN3O. The average molecular weight is 258 g/mol. The van der Waals surface area contributed by atoms with Crippen molar-refractivity contribution in [3.05, 3.63) is 16.9 Å². The third kappa shape index (κ3) is 2.49. The molecule has 2 heterocycles. The Labute approximate surface area is 107 Å². The number of aryl methyl sites for hydroxylation is 1. The molecule has 1 saturated heterocycles. The zero-order valence-corrected chi connectivity index (χ0v) is 11.2. The van der Waals surface area contributed by atoms with Crippen molar-refractivity contribution < 1.29 is 5.11 Å². The summed E-state index contributed by atoms with van der Waals surface area (Å²) in [6.07, 6.45) is 4.08. The van der Waals surface area contributed by atoms with Crippen molar-refractivity contribution in [3.8, 4) is 0 Å². The van der Waals surface area contributed by atoms with Crippen LogP contribution in [0.3, 0.4) is 0 Å². The molecule has 1 aliphatic heterocycles. The van der Waals surface area contributed by atoms with Crippen LogP contribution in [-0.4, -0.2) is 39.4 Å². The monoisotopic (exact) mass is 257 g/mol. The summed E-state index contributed by atoms with van der Waals surface area (Å²) >= 11 is 6.13. The van der Waals surface area contributed by atoms with E-state index in [9.17, 15) is 5.11 Å². The Morgan fingerprint density at radius 2 is 2.24 bits per heavy atom. The minimum atomic E-state index is -0.827. The van der Waals surface area contributed by atoms with Gasteiger partial charge in [0.15, 0.2) is 0 Å². The van der Waals surface area contributed by atoms with E-state index >= 15 is 0 Å². The minimum absolute atomic E-state index is 0.569. The lowest BCUT2D eigenvalue weighted by Gasteiger charge is -2.27. The first-order chi connectivity index (χ1) is 8.07. The molecular weight excluding hydrogens is 238 g/mol. The van der Waals surface area contributed by atoms with Gasteiger partial charge in [-0.05, 0) is 32.4 Å². The Morgan fingerprint density at radius 3 is 2.82 bits per heavy atom. The summed E-state index contributed by atoms with van der Waals surface area (Å²) in [5.41, 5.74) is -0.0659. The van der Waals surface area contributed by atoms with Gasteiger partial charge >= 0.3 is 0 Å². The zero-order chi connectivity index (χ0) is 12.5. The number of nitrogens with zero attached hydrogens (tertiary/aromatic N) is 3. The van der Waals surface area contributed by atoms with Crippen LogP contribution in [0.2, 0.25) is 5.02 Å². The molecule has 1 aliphatic rings. The smallest absolute Gasteiger partial charge is 0.109 e. The zero-order valence-electron chi connectivity index (χ0n) is 10.5. The summed E-state index contributed by atoms with van der Waals surface area (Å²) < 4.78 is 1.70. The SMILES string of the molecule is CCN1CCCC(O)(c2c(Cl)cnn2C)CC1. The van der Waals surface area contributed by atoms with Gasteiger partial charge in [0.2, 0.25) is 0 Å². The second-order valence-electron chi connectivity index (χ2n) is 4.78. The van der Waals surface area contributed by atoms with E-state index in [1.54, 1.807) is 10.9 Å². The molecule has 1 N–H and O–H groups in total. The highest BCUT2D eigenvalue weighted by Gasteiger charge is 2.36. The number of aliphatic hydroxyl groups is 1. The van der Waals surface area contributed by atoms with Crippen LogP contribution in [0, 0.1) is 0 Å². The maximum atomic E-state index is 10.8. The van der Waals surface area contributed by atoms with Crippen LogP contribution >= 0.6 is 11.6 Å². The van der Waals surface area contributed by atoms with Crippen LogP contribution in [0.4, 0.5) is 0 Å². The first-order valence-electron chi connectivity index (χ1n) is 6.19. The Kier molecular flexibility index (Phi) is 3.76. The quantitative estimate of drug-likeness (QED) is 0.878. The minimum Gasteiger partial charge on any atom is -0.383 e. The molecule has 1 unspecified atom stereocenters. The van der Waals surface area contributed by atoms with E-state index < -0.39 is 5.60 Å². The molecule has 96 valence electrons. The van der Waals surface area contributed by atoms with E-state index in [-0.39, 0.29) is 0 Å². The lowest BCUT2D eigenvalue weighted by Crippen LogP contribution is -2.31. The van der Waals surface area contributed by atoms with Crippen LogP contribution in [0.1, 0.15) is 31.9 Å². The van der Waals surface area contributed by atoms with Crippen LogP contribution < -0.4 is 0 Å². The molecule has 0 spiro atoms. The number of rotatable bonds is 2. The van der Waals surface area contributed by atoms with E-state index in [1.165, 1.54) is 0 Å². The van der Waals surface area contributed by atoms with Gasteiger partial charge < -0.3 is 10.0 Å². The topological polar surface area (TPSA) is 41.3 Å². The standard InChI is InChI=1S/C12H20ClN3O/c1-3-16-7-4-5-12(17,6-8-16)11-10(13)9-14-15(11)2/h9,17H,3-8H2,1-2H3. The Balaban J connectivity index is 2.24. The molecule has 1 fully saturated rings. The molecule has 4 nitrogen and oxygen atoms in total. The number of likely N-dealkylation sites (tertiary alicyclic amines) is 1. The van der Waals surface area contributed by atoms with Crippen molar-refractivity contribution in [1.29, 1.82) is 0 Å². The van der Waals surface area contributed by atoms with Crippen molar-refractivity contribution in [1.82, 2.24) is 14.7 Å². The van der Waals surface area contributed by atoms with Crippen molar-refractivity contribution >= 4 is 11.6 Å². The van der Waals surface area contributed by atoms with Gasteiger partial charge in [0, 0.05) is 13.6 Å². The molecule has 1 aromatic heterocycles. The lowest BCUT2D eigenvalue weighted by atomic mass is 9.91.